The number of halogens is 1. The van der Waals surface area contributed by atoms with Crippen molar-refractivity contribution in [2.45, 2.75) is 52.4 Å². The van der Waals surface area contributed by atoms with Gasteiger partial charge in [-0.15, -0.1) is 11.6 Å². The Morgan fingerprint density at radius 1 is 1.00 bits per heavy atom. The molecule has 2 rings (SSSR count). The Morgan fingerprint density at radius 2 is 1.48 bits per heavy atom. The van der Waals surface area contributed by atoms with Gasteiger partial charge in [0.05, 0.1) is 0 Å². The fraction of sp³-hybridized carbons (Fsp3) is 1.00. The smallest absolute Gasteiger partial charge is 0.195 e. The highest BCUT2D eigenvalue weighted by molar-refractivity contribution is 7.86. The van der Waals surface area contributed by atoms with Crippen molar-refractivity contribution in [1.82, 2.24) is 8.61 Å². The molecule has 4 nitrogen and oxygen atoms in total. The monoisotopic (exact) mass is 336 g/mol. The Labute approximate surface area is 135 Å². The Bertz CT molecular complexity index is 419. The molecule has 0 aromatic carbocycles. The van der Waals surface area contributed by atoms with Crippen molar-refractivity contribution < 1.29 is 8.42 Å². The van der Waals surface area contributed by atoms with E-state index in [4.69, 9.17) is 11.6 Å². The molecule has 6 heteroatoms. The second-order valence-electron chi connectivity index (χ2n) is 6.61. The Morgan fingerprint density at radius 3 is 1.90 bits per heavy atom. The van der Waals surface area contributed by atoms with Gasteiger partial charge in [0.25, 0.3) is 10.2 Å². The van der Waals surface area contributed by atoms with Crippen LogP contribution in [0.25, 0.3) is 0 Å². The topological polar surface area (TPSA) is 40.6 Å². The van der Waals surface area contributed by atoms with Gasteiger partial charge in [0.2, 0.25) is 0 Å². The second kappa shape index (κ2) is 7.16. The number of hydrogen-bond acceptors (Lipinski definition) is 2. The van der Waals surface area contributed by atoms with Gasteiger partial charge in [0, 0.05) is 32.1 Å². The van der Waals surface area contributed by atoms with Crippen LogP contribution in [-0.4, -0.2) is 49.1 Å². The van der Waals surface area contributed by atoms with Crippen LogP contribution >= 0.6 is 11.6 Å². The lowest BCUT2D eigenvalue weighted by Gasteiger charge is -2.42. The lowest BCUT2D eigenvalue weighted by atomic mass is 9.75. The lowest BCUT2D eigenvalue weighted by Crippen LogP contribution is -2.51. The van der Waals surface area contributed by atoms with Gasteiger partial charge >= 0.3 is 0 Å². The quantitative estimate of drug-likeness (QED) is 0.724. The number of hydrogen-bond donors (Lipinski definition) is 0. The molecular weight excluding hydrogens is 308 g/mol. The van der Waals surface area contributed by atoms with E-state index in [2.05, 4.69) is 13.8 Å². The molecular formula is C15H29ClN2O2S. The van der Waals surface area contributed by atoms with Crippen LogP contribution < -0.4 is 0 Å². The zero-order valence-electron chi connectivity index (χ0n) is 13.4. The van der Waals surface area contributed by atoms with Crippen molar-refractivity contribution >= 4 is 21.8 Å². The minimum absolute atomic E-state index is 0.359. The fourth-order valence-corrected chi connectivity index (χ4v) is 5.56. The molecule has 0 aliphatic carbocycles. The number of piperidine rings is 2. The largest absolute Gasteiger partial charge is 0.281 e. The predicted molar refractivity (Wildman–Crippen MR) is 87.8 cm³/mol. The normalized spacial score (nSPS) is 26.0. The van der Waals surface area contributed by atoms with Crippen LogP contribution in [0.2, 0.25) is 0 Å². The van der Waals surface area contributed by atoms with Gasteiger partial charge in [-0.25, -0.2) is 0 Å². The fourth-order valence-electron chi connectivity index (χ4n) is 3.61. The maximum absolute atomic E-state index is 12.7. The molecule has 0 aromatic rings. The van der Waals surface area contributed by atoms with E-state index in [9.17, 15) is 8.42 Å². The zero-order chi connectivity index (χ0) is 15.5. The predicted octanol–water partition coefficient (Wildman–Crippen LogP) is 3.08. The van der Waals surface area contributed by atoms with Crippen LogP contribution in [-0.2, 0) is 10.2 Å². The Balaban J connectivity index is 1.96. The number of alkyl halides is 1. The van der Waals surface area contributed by atoms with Crippen molar-refractivity contribution in [3.8, 4) is 0 Å². The average Bonchev–Trinajstić information content (AvgIpc) is 2.55. The molecule has 0 saturated carbocycles. The van der Waals surface area contributed by atoms with Gasteiger partial charge < -0.3 is 0 Å². The zero-order valence-corrected chi connectivity index (χ0v) is 14.9. The number of nitrogens with zero attached hydrogens (tertiary/aromatic N) is 2. The molecule has 2 saturated heterocycles. The van der Waals surface area contributed by atoms with E-state index >= 15 is 0 Å². The molecule has 0 bridgehead atoms. The van der Waals surface area contributed by atoms with E-state index in [1.807, 2.05) is 0 Å². The standard InChI is InChI=1S/C15H29ClN2O2S/c1-3-15(4-2)7-11-18(12-8-15)21(19,20)17-9-5-14(13-16)6-10-17/h14H,3-13H2,1-2H3. The summed E-state index contributed by atoms with van der Waals surface area (Å²) < 4.78 is 28.9. The minimum Gasteiger partial charge on any atom is -0.195 e. The van der Waals surface area contributed by atoms with Gasteiger partial charge in [-0.2, -0.15) is 17.0 Å². The van der Waals surface area contributed by atoms with E-state index in [1.165, 1.54) is 0 Å². The highest BCUT2D eigenvalue weighted by Crippen LogP contribution is 2.39. The summed E-state index contributed by atoms with van der Waals surface area (Å²) in [5.74, 6) is 1.12. The third kappa shape index (κ3) is 3.74. The average molecular weight is 337 g/mol. The molecule has 2 aliphatic rings. The summed E-state index contributed by atoms with van der Waals surface area (Å²) in [6.45, 7) is 7.07. The molecule has 0 spiro atoms. The molecule has 124 valence electrons. The molecule has 0 atom stereocenters. The van der Waals surface area contributed by atoms with Crippen LogP contribution in [0.5, 0.6) is 0 Å². The van der Waals surface area contributed by atoms with Gasteiger partial charge in [-0.1, -0.05) is 26.7 Å². The highest BCUT2D eigenvalue weighted by Gasteiger charge is 2.38. The van der Waals surface area contributed by atoms with E-state index in [1.54, 1.807) is 8.61 Å². The summed E-state index contributed by atoms with van der Waals surface area (Å²) in [5, 5.41) is 0. The van der Waals surface area contributed by atoms with Crippen LogP contribution in [0.3, 0.4) is 0 Å². The molecule has 0 radical (unpaired) electrons. The van der Waals surface area contributed by atoms with Crippen molar-refractivity contribution in [2.24, 2.45) is 11.3 Å². The van der Waals surface area contributed by atoms with E-state index in [0.29, 0.717) is 43.4 Å². The molecule has 2 aliphatic heterocycles. The van der Waals surface area contributed by atoms with Crippen LogP contribution in [0, 0.1) is 11.3 Å². The Hall–Kier alpha value is 0.160. The molecule has 0 aromatic heterocycles. The SMILES string of the molecule is CCC1(CC)CCN(S(=O)(=O)N2CCC(CCl)CC2)CC1. The van der Waals surface area contributed by atoms with Gasteiger partial charge in [0.1, 0.15) is 0 Å². The van der Waals surface area contributed by atoms with E-state index < -0.39 is 10.2 Å². The van der Waals surface area contributed by atoms with Crippen LogP contribution in [0.15, 0.2) is 0 Å². The third-order valence-corrected chi connectivity index (χ3v) is 8.20. The van der Waals surface area contributed by atoms with E-state index in [-0.39, 0.29) is 0 Å². The summed E-state index contributed by atoms with van der Waals surface area (Å²) >= 11 is 5.88. The Kier molecular flexibility index (Phi) is 5.97. The molecule has 0 N–H and O–H groups in total. The molecule has 0 unspecified atom stereocenters. The summed E-state index contributed by atoms with van der Waals surface area (Å²) in [6.07, 6.45) is 6.08. The second-order valence-corrected chi connectivity index (χ2v) is 8.85. The maximum atomic E-state index is 12.7. The van der Waals surface area contributed by atoms with Crippen LogP contribution in [0.1, 0.15) is 52.4 Å². The highest BCUT2D eigenvalue weighted by atomic mass is 35.5. The van der Waals surface area contributed by atoms with Gasteiger partial charge in [-0.3, -0.25) is 0 Å². The summed E-state index contributed by atoms with van der Waals surface area (Å²) in [7, 11) is -3.26. The van der Waals surface area contributed by atoms with Crippen molar-refractivity contribution in [1.29, 1.82) is 0 Å². The number of rotatable bonds is 5. The maximum Gasteiger partial charge on any atom is 0.281 e. The van der Waals surface area contributed by atoms with Crippen molar-refractivity contribution in [3.63, 3.8) is 0 Å². The van der Waals surface area contributed by atoms with Gasteiger partial charge in [-0.05, 0) is 37.0 Å². The first-order valence-electron chi connectivity index (χ1n) is 8.28. The molecule has 0 amide bonds. The first kappa shape index (κ1) is 17.5. The summed E-state index contributed by atoms with van der Waals surface area (Å²) in [4.78, 5) is 0. The molecule has 2 fully saturated rings. The summed E-state index contributed by atoms with van der Waals surface area (Å²) in [6, 6.07) is 0. The summed E-state index contributed by atoms with van der Waals surface area (Å²) in [5.41, 5.74) is 0.359. The lowest BCUT2D eigenvalue weighted by molar-refractivity contribution is 0.135. The minimum atomic E-state index is -3.26. The van der Waals surface area contributed by atoms with Crippen molar-refractivity contribution in [2.75, 3.05) is 32.1 Å². The first-order valence-corrected chi connectivity index (χ1v) is 10.2. The van der Waals surface area contributed by atoms with Crippen molar-refractivity contribution in [3.05, 3.63) is 0 Å². The van der Waals surface area contributed by atoms with E-state index in [0.717, 1.165) is 38.5 Å². The molecule has 2 heterocycles. The van der Waals surface area contributed by atoms with Crippen LogP contribution in [0.4, 0.5) is 0 Å². The third-order valence-electron chi connectivity index (χ3n) is 5.73. The molecule has 21 heavy (non-hydrogen) atoms. The van der Waals surface area contributed by atoms with Gasteiger partial charge in [0.15, 0.2) is 0 Å². The first-order chi connectivity index (χ1) is 9.97.